The highest BCUT2D eigenvalue weighted by molar-refractivity contribution is 5.88. The van der Waals surface area contributed by atoms with E-state index in [1.165, 1.54) is 5.01 Å². The van der Waals surface area contributed by atoms with Gasteiger partial charge in [-0.2, -0.15) is 5.43 Å². The predicted octanol–water partition coefficient (Wildman–Crippen LogP) is 0.443. The van der Waals surface area contributed by atoms with E-state index in [2.05, 4.69) is 24.6 Å². The van der Waals surface area contributed by atoms with Gasteiger partial charge in [-0.05, 0) is 37.5 Å². The molecule has 0 aromatic carbocycles. The van der Waals surface area contributed by atoms with Crippen molar-refractivity contribution < 1.29 is 19.2 Å². The average molecular weight is 437 g/mol. The molecule has 10 nitrogen and oxygen atoms in total. The number of nitrogens with zero attached hydrogens (tertiary/aromatic N) is 3. The number of primary amides is 1. The van der Waals surface area contributed by atoms with Gasteiger partial charge in [-0.15, -0.1) is 0 Å². The molecule has 174 valence electrons. The van der Waals surface area contributed by atoms with Crippen LogP contribution in [0.1, 0.15) is 53.4 Å². The molecule has 31 heavy (non-hydrogen) atoms. The molecular formula is C21H36N6O4. The van der Waals surface area contributed by atoms with Gasteiger partial charge < -0.3 is 16.0 Å². The van der Waals surface area contributed by atoms with E-state index in [1.807, 2.05) is 13.8 Å². The van der Waals surface area contributed by atoms with E-state index in [4.69, 9.17) is 5.73 Å². The summed E-state index contributed by atoms with van der Waals surface area (Å²) >= 11 is 0. The molecule has 3 rings (SSSR count). The van der Waals surface area contributed by atoms with Crippen molar-refractivity contribution in [2.45, 2.75) is 65.7 Å². The Morgan fingerprint density at radius 1 is 1.16 bits per heavy atom. The van der Waals surface area contributed by atoms with Crippen LogP contribution in [0.3, 0.4) is 0 Å². The first kappa shape index (κ1) is 23.3. The first-order valence-corrected chi connectivity index (χ1v) is 11.3. The molecule has 0 spiro atoms. The normalized spacial score (nSPS) is 28.3. The van der Waals surface area contributed by atoms with Crippen LogP contribution in [0.2, 0.25) is 0 Å². The first-order valence-electron chi connectivity index (χ1n) is 11.3. The van der Waals surface area contributed by atoms with E-state index >= 15 is 0 Å². The van der Waals surface area contributed by atoms with Crippen molar-refractivity contribution in [3.8, 4) is 0 Å². The fourth-order valence-electron chi connectivity index (χ4n) is 4.71. The zero-order chi connectivity index (χ0) is 22.9. The van der Waals surface area contributed by atoms with Crippen LogP contribution < -0.4 is 16.5 Å². The zero-order valence-corrected chi connectivity index (χ0v) is 19.0. The van der Waals surface area contributed by atoms with E-state index in [0.717, 1.165) is 6.42 Å². The second-order valence-corrected chi connectivity index (χ2v) is 9.78. The summed E-state index contributed by atoms with van der Waals surface area (Å²) in [5, 5.41) is 4.17. The summed E-state index contributed by atoms with van der Waals surface area (Å²) in [6, 6.07) is -0.752. The Bertz CT molecular complexity index is 727. The number of nitrogens with two attached hydrogens (primary N) is 1. The molecule has 4 unspecified atom stereocenters. The maximum absolute atomic E-state index is 13.4. The SMILES string of the molecule is CC(C)CCN1C(=O)C2CCC(C(=O)NCC(C)C)CC2N2C(=O)N(CC(N)=O)NC12. The van der Waals surface area contributed by atoms with Crippen LogP contribution in [-0.2, 0) is 14.4 Å². The smallest absolute Gasteiger partial charge is 0.337 e. The third-order valence-electron chi connectivity index (χ3n) is 6.37. The fraction of sp³-hybridized carbons (Fsp3) is 0.810. The van der Waals surface area contributed by atoms with Gasteiger partial charge in [0.25, 0.3) is 0 Å². The summed E-state index contributed by atoms with van der Waals surface area (Å²) in [6.45, 7) is 9.10. The van der Waals surface area contributed by atoms with Gasteiger partial charge in [0.2, 0.25) is 17.7 Å². The van der Waals surface area contributed by atoms with Gasteiger partial charge in [0.1, 0.15) is 6.54 Å². The van der Waals surface area contributed by atoms with Crippen molar-refractivity contribution in [3.05, 3.63) is 0 Å². The van der Waals surface area contributed by atoms with Crippen molar-refractivity contribution in [1.82, 2.24) is 25.6 Å². The predicted molar refractivity (Wildman–Crippen MR) is 114 cm³/mol. The molecule has 0 radical (unpaired) electrons. The minimum Gasteiger partial charge on any atom is -0.368 e. The number of nitrogens with one attached hydrogen (secondary N) is 2. The van der Waals surface area contributed by atoms with Gasteiger partial charge in [0, 0.05) is 25.0 Å². The minimum atomic E-state index is -0.656. The molecule has 0 bridgehead atoms. The number of urea groups is 1. The monoisotopic (exact) mass is 436 g/mol. The van der Waals surface area contributed by atoms with Crippen LogP contribution in [0.4, 0.5) is 4.79 Å². The second kappa shape index (κ2) is 9.42. The molecule has 0 aromatic rings. The standard InChI is InChI=1S/C21H36N6O4/c1-12(2)7-8-25-19(30)15-6-5-14(18(29)23-10-13(3)4)9-16(15)27-20(25)24-26(21(27)31)11-17(22)28/h12-16,20,24H,5-11H2,1-4H3,(H2,22,28)(H,23,29). The van der Waals surface area contributed by atoms with Crippen molar-refractivity contribution >= 4 is 23.8 Å². The topological polar surface area (TPSA) is 128 Å². The van der Waals surface area contributed by atoms with Crippen LogP contribution in [0.25, 0.3) is 0 Å². The summed E-state index contributed by atoms with van der Waals surface area (Å²) in [5.41, 5.74) is 8.32. The Labute approximate surface area is 183 Å². The molecule has 1 saturated carbocycles. The van der Waals surface area contributed by atoms with Crippen LogP contribution in [0, 0.1) is 23.7 Å². The van der Waals surface area contributed by atoms with Crippen LogP contribution in [0.15, 0.2) is 0 Å². The molecule has 4 N–H and O–H groups in total. The van der Waals surface area contributed by atoms with Gasteiger partial charge in [-0.3, -0.25) is 19.3 Å². The number of fused-ring (bicyclic) bond motifs is 3. The van der Waals surface area contributed by atoms with Gasteiger partial charge in [0.15, 0.2) is 6.29 Å². The number of amides is 5. The third kappa shape index (κ3) is 4.94. The molecule has 10 heteroatoms. The summed E-state index contributed by atoms with van der Waals surface area (Å²) in [6.07, 6.45) is 1.77. The number of hydrazine groups is 1. The highest BCUT2D eigenvalue weighted by atomic mass is 16.2. The minimum absolute atomic E-state index is 0.00848. The first-order chi connectivity index (χ1) is 14.6. The number of hydrogen-bond donors (Lipinski definition) is 3. The van der Waals surface area contributed by atoms with E-state index < -0.39 is 12.2 Å². The largest absolute Gasteiger partial charge is 0.368 e. The number of rotatable bonds is 8. The lowest BCUT2D eigenvalue weighted by Gasteiger charge is -2.50. The molecule has 1 aliphatic carbocycles. The maximum Gasteiger partial charge on any atom is 0.337 e. The van der Waals surface area contributed by atoms with Crippen molar-refractivity contribution in [2.24, 2.45) is 29.4 Å². The van der Waals surface area contributed by atoms with E-state index in [0.29, 0.717) is 44.2 Å². The lowest BCUT2D eigenvalue weighted by molar-refractivity contribution is -0.159. The van der Waals surface area contributed by atoms with Crippen LogP contribution >= 0.6 is 0 Å². The highest BCUT2D eigenvalue weighted by Crippen LogP contribution is 2.40. The molecule has 3 aliphatic rings. The van der Waals surface area contributed by atoms with Gasteiger partial charge >= 0.3 is 6.03 Å². The number of carbonyl (C=O) groups is 4. The molecule has 5 amide bonds. The van der Waals surface area contributed by atoms with E-state index in [1.54, 1.807) is 9.80 Å². The van der Waals surface area contributed by atoms with Gasteiger partial charge in [0.05, 0.1) is 5.92 Å². The van der Waals surface area contributed by atoms with E-state index in [-0.39, 0.29) is 42.3 Å². The van der Waals surface area contributed by atoms with Crippen molar-refractivity contribution in [2.75, 3.05) is 19.6 Å². The van der Waals surface area contributed by atoms with Crippen molar-refractivity contribution in [3.63, 3.8) is 0 Å². The molecule has 4 atom stereocenters. The maximum atomic E-state index is 13.4. The van der Waals surface area contributed by atoms with E-state index in [9.17, 15) is 19.2 Å². The summed E-state index contributed by atoms with van der Waals surface area (Å²) in [5.74, 6) is -0.473. The quantitative estimate of drug-likeness (QED) is 0.509. The lowest BCUT2D eigenvalue weighted by atomic mass is 9.75. The lowest BCUT2D eigenvalue weighted by Crippen LogP contribution is -2.67. The zero-order valence-electron chi connectivity index (χ0n) is 19.0. The Balaban J connectivity index is 1.82. The Morgan fingerprint density at radius 2 is 1.87 bits per heavy atom. The molecule has 2 heterocycles. The number of carbonyl (C=O) groups excluding carboxylic acids is 4. The van der Waals surface area contributed by atoms with Gasteiger partial charge in [-0.25, -0.2) is 9.80 Å². The Morgan fingerprint density at radius 3 is 2.48 bits per heavy atom. The Hall–Kier alpha value is -2.36. The third-order valence-corrected chi connectivity index (χ3v) is 6.37. The average Bonchev–Trinajstić information content (AvgIpc) is 3.00. The van der Waals surface area contributed by atoms with Crippen LogP contribution in [-0.4, -0.2) is 70.5 Å². The summed E-state index contributed by atoms with van der Waals surface area (Å²) in [7, 11) is 0. The van der Waals surface area contributed by atoms with Crippen LogP contribution in [0.5, 0.6) is 0 Å². The fourth-order valence-corrected chi connectivity index (χ4v) is 4.71. The summed E-state index contributed by atoms with van der Waals surface area (Å²) in [4.78, 5) is 54.0. The molecule has 3 fully saturated rings. The Kier molecular flexibility index (Phi) is 7.08. The molecule has 2 aliphatic heterocycles. The highest BCUT2D eigenvalue weighted by Gasteiger charge is 2.56. The summed E-state index contributed by atoms with van der Waals surface area (Å²) < 4.78 is 0. The molecule has 0 aromatic heterocycles. The molecule has 2 saturated heterocycles. The second-order valence-electron chi connectivity index (χ2n) is 9.78. The van der Waals surface area contributed by atoms with Crippen molar-refractivity contribution in [1.29, 1.82) is 0 Å². The molecular weight excluding hydrogens is 400 g/mol. The number of hydrogen-bond acceptors (Lipinski definition) is 5. The van der Waals surface area contributed by atoms with Gasteiger partial charge in [-0.1, -0.05) is 27.7 Å².